The quantitative estimate of drug-likeness (QED) is 0.670. The Balaban J connectivity index is 1.91. The molecule has 1 N–H and O–H groups in total. The molecule has 0 bridgehead atoms. The number of aromatic amines is 1. The van der Waals surface area contributed by atoms with Gasteiger partial charge in [0.05, 0.1) is 11.7 Å². The van der Waals surface area contributed by atoms with Crippen LogP contribution in [-0.2, 0) is 9.47 Å². The number of esters is 1. The highest BCUT2D eigenvalue weighted by Gasteiger charge is 2.44. The van der Waals surface area contributed by atoms with Crippen LogP contribution in [0.3, 0.4) is 0 Å². The topological polar surface area (TPSA) is 73.3 Å². The predicted octanol–water partition coefficient (Wildman–Crippen LogP) is 3.07. The number of nitrogens with zero attached hydrogens (tertiary/aromatic N) is 1. The maximum Gasteiger partial charge on any atom is 0.338 e. The number of rotatable bonds is 4. The van der Waals surface area contributed by atoms with Crippen molar-refractivity contribution in [3.63, 3.8) is 0 Å². The van der Waals surface area contributed by atoms with Crippen LogP contribution in [0.25, 0.3) is 0 Å². The first-order valence-corrected chi connectivity index (χ1v) is 8.65. The zero-order valence-corrected chi connectivity index (χ0v) is 14.9. The highest BCUT2D eigenvalue weighted by Crippen LogP contribution is 2.37. The number of nitrogens with one attached hydrogen (secondary N) is 1. The van der Waals surface area contributed by atoms with E-state index in [1.165, 1.54) is 6.07 Å². The smallest absolute Gasteiger partial charge is 0.338 e. The molecule has 6 nitrogen and oxygen atoms in total. The van der Waals surface area contributed by atoms with E-state index in [-0.39, 0.29) is 22.4 Å². The van der Waals surface area contributed by atoms with Crippen LogP contribution in [0.2, 0.25) is 0 Å². The number of hydrogen-bond donors (Lipinski definition) is 1. The zero-order chi connectivity index (χ0) is 18.0. The Morgan fingerprint density at radius 3 is 2.68 bits per heavy atom. The second kappa shape index (κ2) is 7.33. The van der Waals surface area contributed by atoms with Crippen LogP contribution in [0.15, 0.2) is 47.4 Å². The minimum Gasteiger partial charge on any atom is -0.454 e. The molecule has 1 unspecified atom stereocenters. The molecule has 0 radical (unpaired) electrons. The van der Waals surface area contributed by atoms with E-state index < -0.39 is 18.3 Å². The van der Waals surface area contributed by atoms with E-state index in [1.807, 2.05) is 19.9 Å². The van der Waals surface area contributed by atoms with Gasteiger partial charge in [0.2, 0.25) is 0 Å². The molecule has 0 spiro atoms. The van der Waals surface area contributed by atoms with Crippen molar-refractivity contribution in [2.75, 3.05) is 0 Å². The third-order valence-corrected chi connectivity index (χ3v) is 4.79. The minimum atomic E-state index is -0.572. The largest absolute Gasteiger partial charge is 0.454 e. The molecule has 1 aromatic carbocycles. The van der Waals surface area contributed by atoms with Crippen molar-refractivity contribution in [1.82, 2.24) is 9.55 Å². The second-order valence-corrected chi connectivity index (χ2v) is 6.47. The van der Waals surface area contributed by atoms with Gasteiger partial charge in [-0.3, -0.25) is 14.3 Å². The van der Waals surface area contributed by atoms with Crippen LogP contribution >= 0.6 is 12.2 Å². The monoisotopic (exact) mass is 360 g/mol. The maximum absolute atomic E-state index is 12.5. The molecule has 1 aliphatic rings. The van der Waals surface area contributed by atoms with Gasteiger partial charge in [0.25, 0.3) is 5.56 Å². The summed E-state index contributed by atoms with van der Waals surface area (Å²) in [5, 5.41) is 0. The molecule has 4 atom stereocenters. The molecule has 1 aromatic heterocycles. The number of carbonyl (C=O) groups is 1. The van der Waals surface area contributed by atoms with Crippen LogP contribution in [0.1, 0.15) is 36.9 Å². The van der Waals surface area contributed by atoms with E-state index in [1.54, 1.807) is 35.0 Å². The Hall–Kier alpha value is -2.25. The number of aromatic nitrogens is 2. The average Bonchev–Trinajstić information content (AvgIpc) is 2.92. The summed E-state index contributed by atoms with van der Waals surface area (Å²) in [4.78, 5) is 26.5. The first-order chi connectivity index (χ1) is 12.0. The molecule has 25 heavy (non-hydrogen) atoms. The Bertz CT molecular complexity index is 861. The van der Waals surface area contributed by atoms with Crippen LogP contribution in [0.5, 0.6) is 0 Å². The van der Waals surface area contributed by atoms with Crippen molar-refractivity contribution >= 4 is 18.2 Å². The van der Waals surface area contributed by atoms with Crippen LogP contribution in [0.4, 0.5) is 0 Å². The van der Waals surface area contributed by atoms with Crippen molar-refractivity contribution in [3.05, 3.63) is 63.3 Å². The van der Waals surface area contributed by atoms with Crippen molar-refractivity contribution in [2.24, 2.45) is 5.92 Å². The molecule has 3 rings (SSSR count). The van der Waals surface area contributed by atoms with E-state index in [9.17, 15) is 9.59 Å². The molecule has 0 saturated carbocycles. The molecule has 0 amide bonds. The molecule has 1 aliphatic heterocycles. The number of H-pyrrole nitrogens is 1. The zero-order valence-electron chi connectivity index (χ0n) is 14.0. The Morgan fingerprint density at radius 2 is 2.04 bits per heavy atom. The fourth-order valence-electron chi connectivity index (χ4n) is 3.10. The average molecular weight is 360 g/mol. The molecule has 132 valence electrons. The lowest BCUT2D eigenvalue weighted by Crippen LogP contribution is -2.31. The lowest BCUT2D eigenvalue weighted by molar-refractivity contribution is -0.0501. The Kier molecular flexibility index (Phi) is 5.15. The van der Waals surface area contributed by atoms with Crippen molar-refractivity contribution in [1.29, 1.82) is 0 Å². The van der Waals surface area contributed by atoms with E-state index in [0.29, 0.717) is 5.56 Å². The third-order valence-electron chi connectivity index (χ3n) is 4.48. The van der Waals surface area contributed by atoms with Gasteiger partial charge >= 0.3 is 5.97 Å². The molecule has 7 heteroatoms. The van der Waals surface area contributed by atoms with E-state index in [0.717, 1.165) is 6.42 Å². The SMILES string of the molecule is CC[C@H]1O[C@@H](n2ccc(=O)[nH]c2=S)C(OC(=O)c2ccccc2)[C@H]1C. The summed E-state index contributed by atoms with van der Waals surface area (Å²) < 4.78 is 13.7. The second-order valence-electron chi connectivity index (χ2n) is 6.09. The van der Waals surface area contributed by atoms with Gasteiger partial charge in [0.1, 0.15) is 0 Å². The van der Waals surface area contributed by atoms with E-state index in [4.69, 9.17) is 21.7 Å². The molecule has 2 heterocycles. The molecule has 0 aliphatic carbocycles. The molecule has 2 aromatic rings. The summed E-state index contributed by atoms with van der Waals surface area (Å²) in [6.07, 6.45) is 1.22. The van der Waals surface area contributed by atoms with Gasteiger partial charge in [-0.2, -0.15) is 0 Å². The molecular formula is C18H20N2O4S. The van der Waals surface area contributed by atoms with Crippen molar-refractivity contribution in [2.45, 2.75) is 38.7 Å². The highest BCUT2D eigenvalue weighted by molar-refractivity contribution is 7.71. The van der Waals surface area contributed by atoms with E-state index >= 15 is 0 Å². The van der Waals surface area contributed by atoms with Crippen LogP contribution < -0.4 is 5.56 Å². The minimum absolute atomic E-state index is 0.00325. The summed E-state index contributed by atoms with van der Waals surface area (Å²) in [6.45, 7) is 4.01. The van der Waals surface area contributed by atoms with Gasteiger partial charge < -0.3 is 9.47 Å². The Labute approximate surface area is 150 Å². The lowest BCUT2D eigenvalue weighted by atomic mass is 9.98. The number of hydrogen-bond acceptors (Lipinski definition) is 5. The van der Waals surface area contributed by atoms with Gasteiger partial charge in [0, 0.05) is 18.2 Å². The number of carbonyl (C=O) groups excluding carboxylic acids is 1. The fourth-order valence-corrected chi connectivity index (χ4v) is 3.37. The summed E-state index contributed by atoms with van der Waals surface area (Å²) in [5.41, 5.74) is 0.204. The molecular weight excluding hydrogens is 340 g/mol. The van der Waals surface area contributed by atoms with Crippen molar-refractivity contribution < 1.29 is 14.3 Å². The number of ether oxygens (including phenoxy) is 2. The molecule has 1 saturated heterocycles. The highest BCUT2D eigenvalue weighted by atomic mass is 32.1. The van der Waals surface area contributed by atoms with Crippen LogP contribution in [-0.4, -0.2) is 27.7 Å². The van der Waals surface area contributed by atoms with Crippen LogP contribution in [0, 0.1) is 10.7 Å². The fraction of sp³-hybridized carbons (Fsp3) is 0.389. The maximum atomic E-state index is 12.5. The van der Waals surface area contributed by atoms with Gasteiger partial charge in [0.15, 0.2) is 17.1 Å². The first-order valence-electron chi connectivity index (χ1n) is 8.24. The summed E-state index contributed by atoms with van der Waals surface area (Å²) >= 11 is 5.24. The standard InChI is InChI=1S/C18H20N2O4S/c1-3-13-11(2)15(24-17(22)12-7-5-4-6-8-12)16(23-13)20-10-9-14(21)19-18(20)25/h4-11,13,15-16H,3H2,1-2H3,(H,19,21,25)/t11-,13+,15?,16+/m0/s1. The third kappa shape index (κ3) is 3.57. The lowest BCUT2D eigenvalue weighted by Gasteiger charge is -2.23. The van der Waals surface area contributed by atoms with Gasteiger partial charge in [-0.15, -0.1) is 0 Å². The van der Waals surface area contributed by atoms with Gasteiger partial charge in [-0.1, -0.05) is 32.0 Å². The number of benzene rings is 1. The predicted molar refractivity (Wildman–Crippen MR) is 94.9 cm³/mol. The normalized spacial score (nSPS) is 25.7. The molecule has 1 fully saturated rings. The van der Waals surface area contributed by atoms with E-state index in [2.05, 4.69) is 4.98 Å². The summed E-state index contributed by atoms with van der Waals surface area (Å²) in [6, 6.07) is 10.2. The van der Waals surface area contributed by atoms with Gasteiger partial charge in [-0.05, 0) is 30.8 Å². The van der Waals surface area contributed by atoms with Gasteiger partial charge in [-0.25, -0.2) is 4.79 Å². The first kappa shape index (κ1) is 17.6. The summed E-state index contributed by atoms with van der Waals surface area (Å²) in [5.74, 6) is -0.407. The Morgan fingerprint density at radius 1 is 1.32 bits per heavy atom. The summed E-state index contributed by atoms with van der Waals surface area (Å²) in [7, 11) is 0. The van der Waals surface area contributed by atoms with Crippen molar-refractivity contribution in [3.8, 4) is 0 Å².